The SMILES string of the molecule is O=C(O)C12CC(F)(CO1)C2. The Morgan fingerprint density at radius 1 is 1.60 bits per heavy atom. The zero-order valence-electron chi connectivity index (χ0n) is 5.26. The van der Waals surface area contributed by atoms with Gasteiger partial charge in [-0.15, -0.1) is 0 Å². The van der Waals surface area contributed by atoms with Crippen molar-refractivity contribution in [2.24, 2.45) is 0 Å². The van der Waals surface area contributed by atoms with Gasteiger partial charge in [0.15, 0.2) is 5.60 Å². The van der Waals surface area contributed by atoms with Gasteiger partial charge in [-0.05, 0) is 0 Å². The van der Waals surface area contributed by atoms with Crippen LogP contribution in [0.1, 0.15) is 12.8 Å². The van der Waals surface area contributed by atoms with E-state index in [9.17, 15) is 9.18 Å². The van der Waals surface area contributed by atoms with Gasteiger partial charge in [-0.1, -0.05) is 0 Å². The van der Waals surface area contributed by atoms with Crippen LogP contribution < -0.4 is 0 Å². The Morgan fingerprint density at radius 2 is 2.20 bits per heavy atom. The Kier molecular flexibility index (Phi) is 0.819. The van der Waals surface area contributed by atoms with E-state index < -0.39 is 17.2 Å². The Morgan fingerprint density at radius 3 is 2.40 bits per heavy atom. The quantitative estimate of drug-likeness (QED) is 0.580. The summed E-state index contributed by atoms with van der Waals surface area (Å²) in [5.41, 5.74) is -2.48. The number of carbonyl (C=O) groups is 1. The number of carboxylic acids is 1. The second-order valence-electron chi connectivity index (χ2n) is 3.09. The molecule has 1 saturated carbocycles. The molecule has 2 bridgehead atoms. The molecule has 3 fully saturated rings. The lowest BCUT2D eigenvalue weighted by atomic mass is 9.72. The van der Waals surface area contributed by atoms with Crippen molar-refractivity contribution < 1.29 is 19.0 Å². The van der Waals surface area contributed by atoms with E-state index in [0.29, 0.717) is 0 Å². The normalized spacial score (nSPS) is 50.5. The lowest BCUT2D eigenvalue weighted by molar-refractivity contribution is -0.164. The van der Waals surface area contributed by atoms with Crippen molar-refractivity contribution in [2.45, 2.75) is 24.1 Å². The number of ether oxygens (including phenoxy) is 1. The van der Waals surface area contributed by atoms with Gasteiger partial charge < -0.3 is 9.84 Å². The summed E-state index contributed by atoms with van der Waals surface area (Å²) in [7, 11) is 0. The number of rotatable bonds is 1. The van der Waals surface area contributed by atoms with Crippen LogP contribution in [0, 0.1) is 0 Å². The van der Waals surface area contributed by atoms with Gasteiger partial charge in [-0.2, -0.15) is 0 Å². The molecule has 0 aromatic rings. The second-order valence-corrected chi connectivity index (χ2v) is 3.09. The van der Waals surface area contributed by atoms with Crippen LogP contribution in [0.15, 0.2) is 0 Å². The molecule has 3 rings (SSSR count). The number of halogens is 1. The molecule has 0 radical (unpaired) electrons. The zero-order valence-corrected chi connectivity index (χ0v) is 5.26. The van der Waals surface area contributed by atoms with E-state index in [4.69, 9.17) is 9.84 Å². The number of hydrogen-bond donors (Lipinski definition) is 1. The van der Waals surface area contributed by atoms with Crippen molar-refractivity contribution in [1.29, 1.82) is 0 Å². The van der Waals surface area contributed by atoms with Crippen LogP contribution in [0.5, 0.6) is 0 Å². The number of fused-ring (bicyclic) bond motifs is 1. The van der Waals surface area contributed by atoms with Gasteiger partial charge in [0.25, 0.3) is 0 Å². The minimum absolute atomic E-state index is 0.0370. The van der Waals surface area contributed by atoms with Gasteiger partial charge >= 0.3 is 5.97 Å². The highest BCUT2D eigenvalue weighted by Gasteiger charge is 2.67. The maximum atomic E-state index is 12.9. The van der Waals surface area contributed by atoms with E-state index >= 15 is 0 Å². The first-order chi connectivity index (χ1) is 4.56. The molecule has 1 N–H and O–H groups in total. The molecule has 2 aliphatic heterocycles. The average Bonchev–Trinajstić information content (AvgIpc) is 2.19. The Labute approximate surface area is 56.8 Å². The zero-order chi connectivity index (χ0) is 7.41. The van der Waals surface area contributed by atoms with Crippen molar-refractivity contribution in [3.63, 3.8) is 0 Å². The molecular formula is C6H7FO3. The molecule has 2 saturated heterocycles. The summed E-state index contributed by atoms with van der Waals surface area (Å²) in [6.45, 7) is -0.0424. The smallest absolute Gasteiger partial charge is 0.336 e. The molecule has 0 atom stereocenters. The number of aliphatic carboxylic acids is 1. The van der Waals surface area contributed by atoms with Crippen LogP contribution in [0.25, 0.3) is 0 Å². The van der Waals surface area contributed by atoms with Crippen molar-refractivity contribution in [3.05, 3.63) is 0 Å². The fourth-order valence-electron chi connectivity index (χ4n) is 1.66. The highest BCUT2D eigenvalue weighted by molar-refractivity contribution is 5.80. The van der Waals surface area contributed by atoms with Crippen molar-refractivity contribution in [3.8, 4) is 0 Å². The lowest BCUT2D eigenvalue weighted by Crippen LogP contribution is -2.51. The molecule has 56 valence electrons. The van der Waals surface area contributed by atoms with Crippen molar-refractivity contribution in [2.75, 3.05) is 6.61 Å². The summed E-state index contributed by atoms with van der Waals surface area (Å²) >= 11 is 0. The van der Waals surface area contributed by atoms with Crippen LogP contribution in [-0.2, 0) is 9.53 Å². The summed E-state index contributed by atoms with van der Waals surface area (Å²) < 4.78 is 17.7. The largest absolute Gasteiger partial charge is 0.479 e. The van der Waals surface area contributed by atoms with Gasteiger partial charge in [0.2, 0.25) is 0 Å². The minimum atomic E-state index is -1.32. The molecule has 0 amide bonds. The first-order valence-corrected chi connectivity index (χ1v) is 3.13. The minimum Gasteiger partial charge on any atom is -0.479 e. The highest BCUT2D eigenvalue weighted by atomic mass is 19.1. The van der Waals surface area contributed by atoms with Crippen molar-refractivity contribution in [1.82, 2.24) is 0 Å². The Balaban J connectivity index is 2.20. The Hall–Kier alpha value is -0.640. The average molecular weight is 146 g/mol. The number of hydrogen-bond acceptors (Lipinski definition) is 2. The number of carboxylic acid groups (broad SMARTS) is 1. The summed E-state index contributed by atoms with van der Waals surface area (Å²) in [5.74, 6) is -1.03. The van der Waals surface area contributed by atoms with Crippen LogP contribution in [0.4, 0.5) is 4.39 Å². The maximum absolute atomic E-state index is 12.9. The van der Waals surface area contributed by atoms with Crippen LogP contribution in [0.2, 0.25) is 0 Å². The molecule has 1 aliphatic carbocycles. The van der Waals surface area contributed by atoms with E-state index in [1.54, 1.807) is 0 Å². The molecule has 0 aromatic carbocycles. The lowest BCUT2D eigenvalue weighted by Gasteiger charge is -2.35. The molecule has 0 aromatic heterocycles. The third-order valence-electron chi connectivity index (χ3n) is 2.20. The van der Waals surface area contributed by atoms with Gasteiger partial charge in [0, 0.05) is 12.8 Å². The highest BCUT2D eigenvalue weighted by Crippen LogP contribution is 2.53. The number of alkyl halides is 1. The molecule has 0 unspecified atom stereocenters. The molecule has 3 aliphatic rings. The van der Waals surface area contributed by atoms with Gasteiger partial charge in [-0.25, -0.2) is 9.18 Å². The summed E-state index contributed by atoms with van der Waals surface area (Å²) in [5, 5.41) is 8.53. The second kappa shape index (κ2) is 1.34. The molecule has 4 heteroatoms. The molecule has 10 heavy (non-hydrogen) atoms. The summed E-state index contributed by atoms with van der Waals surface area (Å²) in [6, 6.07) is 0. The van der Waals surface area contributed by atoms with Gasteiger partial charge in [-0.3, -0.25) is 0 Å². The van der Waals surface area contributed by atoms with Crippen molar-refractivity contribution >= 4 is 5.97 Å². The summed E-state index contributed by atoms with van der Waals surface area (Å²) in [4.78, 5) is 10.4. The van der Waals surface area contributed by atoms with Crippen LogP contribution in [0.3, 0.4) is 0 Å². The van der Waals surface area contributed by atoms with E-state index in [1.165, 1.54) is 0 Å². The summed E-state index contributed by atoms with van der Waals surface area (Å²) in [6.07, 6.45) is 0.0741. The fourth-order valence-corrected chi connectivity index (χ4v) is 1.66. The topological polar surface area (TPSA) is 46.5 Å². The first kappa shape index (κ1) is 6.09. The van der Waals surface area contributed by atoms with E-state index in [2.05, 4.69) is 0 Å². The van der Waals surface area contributed by atoms with Crippen LogP contribution >= 0.6 is 0 Å². The fraction of sp³-hybridized carbons (Fsp3) is 0.833. The Bertz CT molecular complexity index is 195. The van der Waals surface area contributed by atoms with E-state index in [1.807, 2.05) is 0 Å². The standard InChI is InChI=1S/C6H7FO3/c7-5-1-6(2-5,4(8)9)10-3-5/h1-3H2,(H,8,9). The van der Waals surface area contributed by atoms with Gasteiger partial charge in [0.05, 0.1) is 6.61 Å². The third kappa shape index (κ3) is 0.502. The van der Waals surface area contributed by atoms with Crippen LogP contribution in [-0.4, -0.2) is 29.0 Å². The molecule has 0 spiro atoms. The predicted molar refractivity (Wildman–Crippen MR) is 29.4 cm³/mol. The molecule has 3 nitrogen and oxygen atoms in total. The molecular weight excluding hydrogens is 139 g/mol. The predicted octanol–water partition coefficient (Wildman–Crippen LogP) is 0.342. The monoisotopic (exact) mass is 146 g/mol. The van der Waals surface area contributed by atoms with E-state index in [0.717, 1.165) is 0 Å². The first-order valence-electron chi connectivity index (χ1n) is 3.13. The third-order valence-corrected chi connectivity index (χ3v) is 2.20. The molecule has 2 heterocycles. The maximum Gasteiger partial charge on any atom is 0.336 e. The van der Waals surface area contributed by atoms with Gasteiger partial charge in [0.1, 0.15) is 5.67 Å². The van der Waals surface area contributed by atoms with E-state index in [-0.39, 0.29) is 19.4 Å².